The molecule has 0 radical (unpaired) electrons. The van der Waals surface area contributed by atoms with Crippen LogP contribution in [0.2, 0.25) is 0 Å². The van der Waals surface area contributed by atoms with Crippen LogP contribution in [0, 0.1) is 11.3 Å². The van der Waals surface area contributed by atoms with E-state index in [9.17, 15) is 0 Å². The standard InChI is InChI=1S/C11H11N3S/c12-6-3-7-13-8-11-14-9-4-1-2-5-10(9)15-11/h1-2,4-5,13H,3,7-8H2. The van der Waals surface area contributed by atoms with Gasteiger partial charge in [-0.2, -0.15) is 5.26 Å². The summed E-state index contributed by atoms with van der Waals surface area (Å²) in [4.78, 5) is 4.48. The van der Waals surface area contributed by atoms with Crippen LogP contribution in [-0.4, -0.2) is 11.5 Å². The molecule has 76 valence electrons. The summed E-state index contributed by atoms with van der Waals surface area (Å²) in [6.45, 7) is 1.48. The maximum Gasteiger partial charge on any atom is 0.108 e. The van der Waals surface area contributed by atoms with E-state index in [1.807, 2.05) is 18.2 Å². The van der Waals surface area contributed by atoms with E-state index in [1.54, 1.807) is 11.3 Å². The van der Waals surface area contributed by atoms with Crippen molar-refractivity contribution in [2.45, 2.75) is 13.0 Å². The number of aromatic nitrogens is 1. The number of nitrogens with zero attached hydrogens (tertiary/aromatic N) is 2. The van der Waals surface area contributed by atoms with E-state index >= 15 is 0 Å². The Morgan fingerprint density at radius 1 is 1.40 bits per heavy atom. The lowest BCUT2D eigenvalue weighted by molar-refractivity contribution is 0.696. The lowest BCUT2D eigenvalue weighted by Crippen LogP contribution is -2.13. The first-order valence-electron chi connectivity index (χ1n) is 4.82. The molecule has 0 spiro atoms. The molecule has 4 heteroatoms. The van der Waals surface area contributed by atoms with Crippen LogP contribution in [0.1, 0.15) is 11.4 Å². The Hall–Kier alpha value is -1.44. The van der Waals surface area contributed by atoms with Crippen LogP contribution in [0.15, 0.2) is 24.3 Å². The normalized spacial score (nSPS) is 10.3. The quantitative estimate of drug-likeness (QED) is 0.799. The van der Waals surface area contributed by atoms with Crippen molar-refractivity contribution < 1.29 is 0 Å². The van der Waals surface area contributed by atoms with Crippen LogP contribution in [0.4, 0.5) is 0 Å². The van der Waals surface area contributed by atoms with Crippen molar-refractivity contribution in [1.82, 2.24) is 10.3 Å². The predicted octanol–water partition coefficient (Wildman–Crippen LogP) is 2.30. The largest absolute Gasteiger partial charge is 0.309 e. The summed E-state index contributed by atoms with van der Waals surface area (Å²) >= 11 is 1.70. The van der Waals surface area contributed by atoms with Gasteiger partial charge in [-0.1, -0.05) is 12.1 Å². The zero-order chi connectivity index (χ0) is 10.5. The van der Waals surface area contributed by atoms with E-state index in [4.69, 9.17) is 5.26 Å². The Morgan fingerprint density at radius 3 is 3.07 bits per heavy atom. The highest BCUT2D eigenvalue weighted by molar-refractivity contribution is 7.18. The molecular weight excluding hydrogens is 206 g/mol. The Labute approximate surface area is 92.4 Å². The van der Waals surface area contributed by atoms with Gasteiger partial charge in [-0.25, -0.2) is 4.98 Å². The minimum Gasteiger partial charge on any atom is -0.309 e. The average Bonchev–Trinajstić information content (AvgIpc) is 2.67. The summed E-state index contributed by atoms with van der Waals surface area (Å²) in [5, 5.41) is 12.6. The van der Waals surface area contributed by atoms with Gasteiger partial charge < -0.3 is 5.32 Å². The molecule has 0 amide bonds. The van der Waals surface area contributed by atoms with Gasteiger partial charge in [0.1, 0.15) is 5.01 Å². The number of para-hydroxylation sites is 1. The summed E-state index contributed by atoms with van der Waals surface area (Å²) in [6.07, 6.45) is 0.547. The first kappa shape index (κ1) is 10.1. The molecule has 1 aromatic heterocycles. The van der Waals surface area contributed by atoms with Gasteiger partial charge in [-0.05, 0) is 12.1 Å². The van der Waals surface area contributed by atoms with Gasteiger partial charge in [-0.3, -0.25) is 0 Å². The second kappa shape index (κ2) is 4.87. The molecule has 0 fully saturated rings. The molecule has 1 aromatic carbocycles. The molecule has 3 nitrogen and oxygen atoms in total. The van der Waals surface area contributed by atoms with Crippen LogP contribution >= 0.6 is 11.3 Å². The molecular formula is C11H11N3S. The topological polar surface area (TPSA) is 48.7 Å². The van der Waals surface area contributed by atoms with E-state index in [-0.39, 0.29) is 0 Å². The highest BCUT2D eigenvalue weighted by Gasteiger charge is 2.01. The molecule has 15 heavy (non-hydrogen) atoms. The van der Waals surface area contributed by atoms with Gasteiger partial charge in [0.25, 0.3) is 0 Å². The predicted molar refractivity (Wildman–Crippen MR) is 61.6 cm³/mol. The van der Waals surface area contributed by atoms with Crippen LogP contribution in [-0.2, 0) is 6.54 Å². The van der Waals surface area contributed by atoms with Crippen molar-refractivity contribution in [3.8, 4) is 6.07 Å². The van der Waals surface area contributed by atoms with E-state index < -0.39 is 0 Å². The minimum absolute atomic E-state index is 0.547. The van der Waals surface area contributed by atoms with Gasteiger partial charge in [0.05, 0.1) is 16.3 Å². The fourth-order valence-electron chi connectivity index (χ4n) is 1.34. The number of benzene rings is 1. The van der Waals surface area contributed by atoms with Crippen LogP contribution < -0.4 is 5.32 Å². The molecule has 2 aromatic rings. The fourth-order valence-corrected chi connectivity index (χ4v) is 2.27. The van der Waals surface area contributed by atoms with E-state index in [2.05, 4.69) is 22.4 Å². The molecule has 0 aliphatic carbocycles. The van der Waals surface area contributed by atoms with Crippen LogP contribution in [0.25, 0.3) is 10.2 Å². The van der Waals surface area contributed by atoms with Crippen LogP contribution in [0.5, 0.6) is 0 Å². The van der Waals surface area contributed by atoms with Crippen molar-refractivity contribution in [3.05, 3.63) is 29.3 Å². The van der Waals surface area contributed by atoms with E-state index in [0.29, 0.717) is 6.42 Å². The van der Waals surface area contributed by atoms with Crippen molar-refractivity contribution >= 4 is 21.6 Å². The zero-order valence-electron chi connectivity index (χ0n) is 8.23. The zero-order valence-corrected chi connectivity index (χ0v) is 9.05. The second-order valence-electron chi connectivity index (χ2n) is 3.16. The molecule has 0 saturated heterocycles. The van der Waals surface area contributed by atoms with Crippen molar-refractivity contribution in [3.63, 3.8) is 0 Å². The van der Waals surface area contributed by atoms with Gasteiger partial charge >= 0.3 is 0 Å². The summed E-state index contributed by atoms with van der Waals surface area (Å²) < 4.78 is 1.22. The molecule has 0 bridgehead atoms. The fraction of sp³-hybridized carbons (Fsp3) is 0.273. The lowest BCUT2D eigenvalue weighted by Gasteiger charge is -1.96. The molecule has 0 aliphatic heterocycles. The molecule has 1 heterocycles. The molecule has 2 rings (SSSR count). The van der Waals surface area contributed by atoms with Gasteiger partial charge in [0.15, 0.2) is 0 Å². The highest BCUT2D eigenvalue weighted by Crippen LogP contribution is 2.20. The van der Waals surface area contributed by atoms with Gasteiger partial charge in [0.2, 0.25) is 0 Å². The Kier molecular flexibility index (Phi) is 3.28. The van der Waals surface area contributed by atoms with Crippen LogP contribution in [0.3, 0.4) is 0 Å². The Balaban J connectivity index is 2.00. The number of fused-ring (bicyclic) bond motifs is 1. The number of thiazole rings is 1. The van der Waals surface area contributed by atoms with E-state index in [0.717, 1.165) is 23.6 Å². The Bertz CT molecular complexity index is 451. The molecule has 0 unspecified atom stereocenters. The SMILES string of the molecule is N#CCCNCc1nc2ccccc2s1. The minimum atomic E-state index is 0.547. The molecule has 0 saturated carbocycles. The lowest BCUT2D eigenvalue weighted by atomic mass is 10.3. The first-order valence-corrected chi connectivity index (χ1v) is 5.64. The monoisotopic (exact) mass is 217 g/mol. The summed E-state index contributed by atoms with van der Waals surface area (Å²) in [7, 11) is 0. The molecule has 0 atom stereocenters. The number of hydrogen-bond acceptors (Lipinski definition) is 4. The smallest absolute Gasteiger partial charge is 0.108 e. The third-order valence-corrected chi connectivity index (χ3v) is 3.06. The van der Waals surface area contributed by atoms with Crippen molar-refractivity contribution in [2.75, 3.05) is 6.54 Å². The molecule has 0 aliphatic rings. The second-order valence-corrected chi connectivity index (χ2v) is 4.28. The molecule has 1 N–H and O–H groups in total. The van der Waals surface area contributed by atoms with Gasteiger partial charge in [0, 0.05) is 19.5 Å². The summed E-state index contributed by atoms with van der Waals surface area (Å²) in [6, 6.07) is 10.2. The summed E-state index contributed by atoms with van der Waals surface area (Å²) in [5.74, 6) is 0. The average molecular weight is 217 g/mol. The van der Waals surface area contributed by atoms with Crippen molar-refractivity contribution in [2.24, 2.45) is 0 Å². The third-order valence-electron chi connectivity index (χ3n) is 2.03. The summed E-state index contributed by atoms with van der Waals surface area (Å²) in [5.41, 5.74) is 1.06. The third kappa shape index (κ3) is 2.52. The van der Waals surface area contributed by atoms with E-state index in [1.165, 1.54) is 4.70 Å². The number of rotatable bonds is 4. The number of nitriles is 1. The number of nitrogens with one attached hydrogen (secondary N) is 1. The van der Waals surface area contributed by atoms with Gasteiger partial charge in [-0.15, -0.1) is 11.3 Å². The van der Waals surface area contributed by atoms with Crippen molar-refractivity contribution in [1.29, 1.82) is 5.26 Å². The maximum absolute atomic E-state index is 8.37. The maximum atomic E-state index is 8.37. The highest BCUT2D eigenvalue weighted by atomic mass is 32.1. The first-order chi connectivity index (χ1) is 7.40. The Morgan fingerprint density at radius 2 is 2.27 bits per heavy atom. The number of hydrogen-bond donors (Lipinski definition) is 1.